The normalized spacial score (nSPS) is 40.3. The van der Waals surface area contributed by atoms with Crippen LogP contribution in [0.5, 0.6) is 0 Å². The summed E-state index contributed by atoms with van der Waals surface area (Å²) in [7, 11) is 2.14. The molecule has 6 atom stereocenters. The molecule has 6 heteroatoms. The Kier molecular flexibility index (Phi) is 5.79. The number of hydrogen-bond donors (Lipinski definition) is 1. The maximum Gasteiger partial charge on any atom is 0.317 e. The fourth-order valence-electron chi connectivity index (χ4n) is 10.1. The highest BCUT2D eigenvalue weighted by atomic mass is 16.3. The highest BCUT2D eigenvalue weighted by Gasteiger charge is 2.67. The van der Waals surface area contributed by atoms with Crippen molar-refractivity contribution in [3.63, 3.8) is 0 Å². The summed E-state index contributed by atoms with van der Waals surface area (Å²) >= 11 is 0. The third kappa shape index (κ3) is 3.64. The summed E-state index contributed by atoms with van der Waals surface area (Å²) < 4.78 is 5.76. The van der Waals surface area contributed by atoms with Gasteiger partial charge >= 0.3 is 6.03 Å². The number of urea groups is 1. The first kappa shape index (κ1) is 27.2. The molecule has 0 spiro atoms. The Morgan fingerprint density at radius 3 is 2.54 bits per heavy atom. The third-order valence-corrected chi connectivity index (χ3v) is 13.4. The number of nitrogens with zero attached hydrogens (tertiary/aromatic N) is 3. The average Bonchev–Trinajstić information content (AvgIpc) is 3.41. The van der Waals surface area contributed by atoms with Crippen molar-refractivity contribution < 1.29 is 9.21 Å². The molecule has 7 rings (SSSR count). The monoisotopic (exact) mass is 556 g/mol. The van der Waals surface area contributed by atoms with Gasteiger partial charge in [-0.1, -0.05) is 45.9 Å². The smallest absolute Gasteiger partial charge is 0.317 e. The summed E-state index contributed by atoms with van der Waals surface area (Å²) in [5.41, 5.74) is 7.37. The second-order valence-electron chi connectivity index (χ2n) is 15.5. The Bertz CT molecular complexity index is 1480. The molecule has 1 aromatic heterocycles. The molecular weight excluding hydrogens is 508 g/mol. The third-order valence-electron chi connectivity index (χ3n) is 13.4. The Balaban J connectivity index is 1.24. The van der Waals surface area contributed by atoms with E-state index in [1.807, 2.05) is 4.90 Å². The molecule has 2 aromatic rings. The highest BCUT2D eigenvalue weighted by molar-refractivity contribution is 5.93. The van der Waals surface area contributed by atoms with Crippen LogP contribution in [0.4, 0.5) is 4.79 Å². The number of rotatable bonds is 1. The van der Waals surface area contributed by atoms with Crippen LogP contribution >= 0.6 is 0 Å². The van der Waals surface area contributed by atoms with Crippen molar-refractivity contribution in [1.29, 1.82) is 0 Å². The first-order valence-corrected chi connectivity index (χ1v) is 15.9. The van der Waals surface area contributed by atoms with Gasteiger partial charge in [0.05, 0.1) is 0 Å². The molecule has 4 aliphatic carbocycles. The average molecular weight is 557 g/mol. The van der Waals surface area contributed by atoms with Crippen molar-refractivity contribution >= 4 is 28.8 Å². The predicted molar refractivity (Wildman–Crippen MR) is 165 cm³/mol. The van der Waals surface area contributed by atoms with Gasteiger partial charge in [0.1, 0.15) is 5.52 Å². The van der Waals surface area contributed by atoms with E-state index in [9.17, 15) is 4.79 Å². The zero-order valence-electron chi connectivity index (χ0n) is 26.2. The molecule has 2 amide bonds. The number of aryl methyl sites for hydroxylation is 1. The van der Waals surface area contributed by atoms with Crippen LogP contribution in [0.2, 0.25) is 0 Å². The van der Waals surface area contributed by atoms with E-state index in [4.69, 9.17) is 4.42 Å². The maximum absolute atomic E-state index is 13.5. The van der Waals surface area contributed by atoms with Gasteiger partial charge < -0.3 is 19.5 Å². The Hall–Kier alpha value is -2.60. The van der Waals surface area contributed by atoms with Gasteiger partial charge in [-0.05, 0) is 104 Å². The number of oxazole rings is 1. The first-order chi connectivity index (χ1) is 19.3. The van der Waals surface area contributed by atoms with Crippen LogP contribution in [0.1, 0.15) is 89.8 Å². The molecule has 220 valence electrons. The highest BCUT2D eigenvalue weighted by Crippen LogP contribution is 2.75. The fourth-order valence-corrected chi connectivity index (χ4v) is 10.1. The molecule has 0 bridgehead atoms. The van der Waals surface area contributed by atoms with E-state index in [1.165, 1.54) is 41.5 Å². The van der Waals surface area contributed by atoms with Gasteiger partial charge in [0.25, 0.3) is 0 Å². The van der Waals surface area contributed by atoms with Crippen molar-refractivity contribution in [1.82, 2.24) is 20.1 Å². The molecule has 0 radical (unpaired) electrons. The van der Waals surface area contributed by atoms with Gasteiger partial charge in [0.2, 0.25) is 0 Å². The zero-order valence-corrected chi connectivity index (χ0v) is 26.2. The number of carbonyl (C=O) groups excluding carboxylic acids is 1. The largest absolute Gasteiger partial charge is 0.443 e. The lowest BCUT2D eigenvalue weighted by Gasteiger charge is -2.70. The second kappa shape index (κ2) is 8.72. The van der Waals surface area contributed by atoms with E-state index in [2.05, 4.69) is 88.1 Å². The fraction of sp³-hybridized carbons (Fsp3) is 0.657. The number of piperazine rings is 1. The summed E-state index contributed by atoms with van der Waals surface area (Å²) in [6.07, 6.45) is 15.9. The van der Waals surface area contributed by atoms with E-state index in [0.717, 1.165) is 56.5 Å². The molecule has 0 unspecified atom stereocenters. The molecule has 1 N–H and O–H groups in total. The SMILES string of the molecule is Cc1c2c(cc3ncoc13)C1=CC[C@@]3(C)[C@@H]4C[C@](C)(NC(=O)N5CCN(C)CC5)CC[C@]4(C)CC[C@]3(C)[C@]1(C)C=C2. The first-order valence-electron chi connectivity index (χ1n) is 15.9. The van der Waals surface area contributed by atoms with Gasteiger partial charge in [0.15, 0.2) is 12.0 Å². The van der Waals surface area contributed by atoms with Gasteiger partial charge in [0, 0.05) is 42.7 Å². The topological polar surface area (TPSA) is 61.6 Å². The summed E-state index contributed by atoms with van der Waals surface area (Å²) in [6.45, 7) is 18.3. The number of amides is 2. The predicted octanol–water partition coefficient (Wildman–Crippen LogP) is 7.28. The molecule has 1 aliphatic heterocycles. The summed E-state index contributed by atoms with van der Waals surface area (Å²) in [6, 6.07) is 2.39. The number of likely N-dealkylation sites (N-methyl/N-ethyl adjacent to an activating group) is 1. The maximum atomic E-state index is 13.5. The molecule has 41 heavy (non-hydrogen) atoms. The lowest BCUT2D eigenvalue weighted by Crippen LogP contribution is -2.66. The standard InChI is InChI=1S/C35H48N4O2/c1-23-24-8-10-33(4)26(25(24)20-27-29(23)41-22-36-27)9-11-34(5)28-21-32(3,14-12-31(28,2)13-15-35(33,34)6)37-30(40)39-18-16-38(7)17-19-39/h8-10,20,22,28H,11-19,21H2,1-7H3,(H,37,40)/t28-,31-,32-,33-,34+,35-/m1/s1. The van der Waals surface area contributed by atoms with Crippen molar-refractivity contribution in [2.45, 2.75) is 85.6 Å². The van der Waals surface area contributed by atoms with Gasteiger partial charge in [-0.15, -0.1) is 0 Å². The summed E-state index contributed by atoms with van der Waals surface area (Å²) in [4.78, 5) is 22.3. The lowest BCUT2D eigenvalue weighted by atomic mass is 9.34. The van der Waals surface area contributed by atoms with Crippen LogP contribution in [0.25, 0.3) is 22.7 Å². The molecule has 2 heterocycles. The van der Waals surface area contributed by atoms with E-state index < -0.39 is 0 Å². The zero-order chi connectivity index (χ0) is 29.0. The van der Waals surface area contributed by atoms with Gasteiger partial charge in [-0.25, -0.2) is 9.78 Å². The molecule has 6 nitrogen and oxygen atoms in total. The second-order valence-corrected chi connectivity index (χ2v) is 15.5. The molecule has 1 aromatic carbocycles. The Morgan fingerprint density at radius 1 is 1.05 bits per heavy atom. The summed E-state index contributed by atoms with van der Waals surface area (Å²) in [5.74, 6) is 0.532. The number of nitrogens with one attached hydrogen (secondary N) is 1. The van der Waals surface area contributed by atoms with Gasteiger partial charge in [-0.3, -0.25) is 0 Å². The molecular formula is C35H48N4O2. The number of fused-ring (bicyclic) bond motifs is 8. The lowest BCUT2D eigenvalue weighted by molar-refractivity contribution is -0.171. The van der Waals surface area contributed by atoms with Gasteiger partial charge in [-0.2, -0.15) is 0 Å². The van der Waals surface area contributed by atoms with Crippen LogP contribution in [-0.4, -0.2) is 59.6 Å². The Morgan fingerprint density at radius 2 is 1.78 bits per heavy atom. The minimum Gasteiger partial charge on any atom is -0.443 e. The van der Waals surface area contributed by atoms with E-state index in [1.54, 1.807) is 6.39 Å². The summed E-state index contributed by atoms with van der Waals surface area (Å²) in [5, 5.41) is 3.58. The van der Waals surface area contributed by atoms with Crippen LogP contribution in [-0.2, 0) is 0 Å². The minimum absolute atomic E-state index is 0.0743. The minimum atomic E-state index is -0.179. The van der Waals surface area contributed by atoms with E-state index >= 15 is 0 Å². The van der Waals surface area contributed by atoms with Crippen LogP contribution in [0.15, 0.2) is 29.0 Å². The van der Waals surface area contributed by atoms with Crippen molar-refractivity contribution in [2.75, 3.05) is 33.2 Å². The van der Waals surface area contributed by atoms with Crippen LogP contribution in [0.3, 0.4) is 0 Å². The molecule has 3 fully saturated rings. The van der Waals surface area contributed by atoms with E-state index in [-0.39, 0.29) is 27.8 Å². The van der Waals surface area contributed by atoms with Crippen LogP contribution in [0, 0.1) is 34.5 Å². The number of aromatic nitrogens is 1. The van der Waals surface area contributed by atoms with E-state index in [0.29, 0.717) is 11.3 Å². The van der Waals surface area contributed by atoms with Crippen molar-refractivity contribution in [2.24, 2.45) is 27.6 Å². The number of hydrogen-bond acceptors (Lipinski definition) is 4. The van der Waals surface area contributed by atoms with Crippen molar-refractivity contribution in [3.05, 3.63) is 41.3 Å². The molecule has 5 aliphatic rings. The Labute approximate surface area is 245 Å². The molecule has 1 saturated heterocycles. The number of allylic oxidation sites excluding steroid dienone is 3. The van der Waals surface area contributed by atoms with Crippen LogP contribution < -0.4 is 5.32 Å². The number of benzene rings is 1. The number of carbonyl (C=O) groups is 1. The molecule has 2 saturated carbocycles. The van der Waals surface area contributed by atoms with Crippen molar-refractivity contribution in [3.8, 4) is 0 Å². The quantitative estimate of drug-likeness (QED) is 0.401.